The maximum Gasteiger partial charge on any atom is 0.131 e. The van der Waals surface area contributed by atoms with E-state index in [4.69, 9.17) is 0 Å². The van der Waals surface area contributed by atoms with Gasteiger partial charge >= 0.3 is 0 Å². The van der Waals surface area contributed by atoms with E-state index in [-0.39, 0.29) is 31.6 Å². The molecule has 0 aliphatic rings. The highest BCUT2D eigenvalue weighted by molar-refractivity contribution is 7.67. The van der Waals surface area contributed by atoms with E-state index < -0.39 is 7.92 Å². The van der Waals surface area contributed by atoms with Crippen molar-refractivity contribution in [3.8, 4) is 56.0 Å². The van der Waals surface area contributed by atoms with E-state index in [0.717, 1.165) is 56.2 Å². The van der Waals surface area contributed by atoms with E-state index in [1.54, 1.807) is 0 Å². The fraction of sp³-hybridized carbons (Fsp3) is 0.464. The Bertz CT molecular complexity index is 2130. The molecule has 5 aromatic carbocycles. The van der Waals surface area contributed by atoms with Crippen molar-refractivity contribution in [1.82, 2.24) is 0 Å². The van der Waals surface area contributed by atoms with Crippen molar-refractivity contribution in [2.45, 2.75) is 139 Å². The minimum atomic E-state index is -0.677. The second kappa shape index (κ2) is 19.3. The zero-order chi connectivity index (χ0) is 44.7. The third-order valence-corrected chi connectivity index (χ3v) is 16.0. The van der Waals surface area contributed by atoms with Crippen LogP contribution < -0.4 is 5.30 Å². The molecule has 0 spiro atoms. The molecule has 0 saturated heterocycles. The Hall–Kier alpha value is -3.44. The van der Waals surface area contributed by atoms with Crippen molar-refractivity contribution < 1.29 is 10.2 Å². The molecule has 5 aromatic rings. The Morgan fingerprint density at radius 1 is 0.383 bits per heavy atom. The van der Waals surface area contributed by atoms with Gasteiger partial charge in [0, 0.05) is 22.3 Å². The molecule has 1 unspecified atom stereocenters. The molecule has 2 N–H and O–H groups in total. The standard InChI is InChI=1S/C56H76O2P2/c1-31(2)40-27-42(33(5)6)52(43(28-40)34(7)8)50-25-37(13)21-46(54(50)57)48-23-39(15)24-49(56(48)60(18)20-19-59(16)17)47-22-38(14)26-51(55(47)58)53-44(35(9)10)29-41(32(3)4)30-45(53)36(11)12/h21-36,57-58H,19-20H2,1-18H3. The lowest BCUT2D eigenvalue weighted by molar-refractivity contribution is 0.478. The van der Waals surface area contributed by atoms with Gasteiger partial charge in [-0.05, 0) is 190 Å². The van der Waals surface area contributed by atoms with Crippen LogP contribution in [0.3, 0.4) is 0 Å². The maximum atomic E-state index is 12.9. The summed E-state index contributed by atoms with van der Waals surface area (Å²) in [5.41, 5.74) is 19.4. The molecule has 0 aliphatic carbocycles. The van der Waals surface area contributed by atoms with Gasteiger partial charge in [-0.15, -0.1) is 7.92 Å². The van der Waals surface area contributed by atoms with Gasteiger partial charge in [-0.25, -0.2) is 0 Å². The molecule has 4 heteroatoms. The van der Waals surface area contributed by atoms with Gasteiger partial charge in [0.05, 0.1) is 0 Å². The first-order chi connectivity index (χ1) is 28.0. The lowest BCUT2D eigenvalue weighted by Crippen LogP contribution is -2.13. The normalized spacial score (nSPS) is 12.8. The van der Waals surface area contributed by atoms with Crippen LogP contribution in [-0.4, -0.2) is 42.5 Å². The number of hydrogen-bond acceptors (Lipinski definition) is 2. The highest BCUT2D eigenvalue weighted by atomic mass is 31.1. The summed E-state index contributed by atoms with van der Waals surface area (Å²) < 4.78 is 0. The number of aromatic hydroxyl groups is 2. The van der Waals surface area contributed by atoms with Crippen LogP contribution in [0.15, 0.2) is 60.7 Å². The summed E-state index contributed by atoms with van der Waals surface area (Å²) in [6, 6.07) is 23.0. The van der Waals surface area contributed by atoms with Gasteiger partial charge in [0.15, 0.2) is 0 Å². The molecule has 0 saturated carbocycles. The van der Waals surface area contributed by atoms with Crippen LogP contribution in [0.1, 0.15) is 169 Å². The van der Waals surface area contributed by atoms with E-state index in [1.165, 1.54) is 56.0 Å². The number of rotatable bonds is 14. The predicted molar refractivity (Wildman–Crippen MR) is 271 cm³/mol. The Morgan fingerprint density at radius 2 is 0.667 bits per heavy atom. The van der Waals surface area contributed by atoms with Gasteiger partial charge in [0.25, 0.3) is 0 Å². The van der Waals surface area contributed by atoms with Crippen LogP contribution in [0.4, 0.5) is 0 Å². The number of benzene rings is 5. The molecule has 322 valence electrons. The van der Waals surface area contributed by atoms with E-state index in [0.29, 0.717) is 23.3 Å². The summed E-state index contributed by atoms with van der Waals surface area (Å²) in [6.07, 6.45) is 2.27. The molecule has 0 radical (unpaired) electrons. The van der Waals surface area contributed by atoms with Crippen LogP contribution >= 0.6 is 15.8 Å². The maximum absolute atomic E-state index is 12.9. The van der Waals surface area contributed by atoms with Crippen molar-refractivity contribution in [2.24, 2.45) is 0 Å². The van der Waals surface area contributed by atoms with Crippen molar-refractivity contribution in [2.75, 3.05) is 32.3 Å². The summed E-state index contributed by atoms with van der Waals surface area (Å²) in [5.74, 6) is 2.66. The number of phenolic OH excluding ortho intramolecular Hbond substituents is 2. The molecule has 0 amide bonds. The zero-order valence-electron chi connectivity index (χ0n) is 40.4. The highest BCUT2D eigenvalue weighted by Crippen LogP contribution is 2.52. The molecular formula is C56H76O2P2. The van der Waals surface area contributed by atoms with Crippen molar-refractivity contribution in [3.63, 3.8) is 0 Å². The SMILES string of the molecule is Cc1cc(-c2cc(C)cc(-c3cc(C)cc(-c4c(C(C)C)cc(C(C)C)cc4C(C)C)c3O)c2P(C)CCP(C)C)c(O)c(-c2c(C(C)C)cc(C(C)C)cc2C(C)C)c1. The van der Waals surface area contributed by atoms with Gasteiger partial charge in [-0.1, -0.05) is 127 Å². The van der Waals surface area contributed by atoms with Crippen LogP contribution in [0.5, 0.6) is 11.5 Å². The molecule has 0 aliphatic heterocycles. The van der Waals surface area contributed by atoms with Crippen LogP contribution in [0, 0.1) is 20.8 Å². The first-order valence-electron chi connectivity index (χ1n) is 22.6. The van der Waals surface area contributed by atoms with Gasteiger partial charge in [-0.2, -0.15) is 0 Å². The molecule has 2 nitrogen and oxygen atoms in total. The van der Waals surface area contributed by atoms with E-state index in [2.05, 4.69) is 185 Å². The van der Waals surface area contributed by atoms with Crippen molar-refractivity contribution >= 4 is 21.1 Å². The number of phenols is 2. The van der Waals surface area contributed by atoms with Crippen LogP contribution in [0.25, 0.3) is 44.5 Å². The van der Waals surface area contributed by atoms with Crippen LogP contribution in [-0.2, 0) is 0 Å². The summed E-state index contributed by atoms with van der Waals surface area (Å²) in [5, 5.41) is 27.0. The summed E-state index contributed by atoms with van der Waals surface area (Å²) in [7, 11) is -0.765. The monoisotopic (exact) mass is 843 g/mol. The minimum absolute atomic E-state index is 0.0887. The average molecular weight is 843 g/mol. The highest BCUT2D eigenvalue weighted by Gasteiger charge is 2.28. The summed E-state index contributed by atoms with van der Waals surface area (Å²) in [4.78, 5) is 0. The first kappa shape index (κ1) is 47.6. The Kier molecular flexibility index (Phi) is 15.3. The zero-order valence-corrected chi connectivity index (χ0v) is 42.2. The van der Waals surface area contributed by atoms with Gasteiger partial charge in [0.1, 0.15) is 11.5 Å². The Morgan fingerprint density at radius 3 is 0.933 bits per heavy atom. The molecule has 0 heterocycles. The van der Waals surface area contributed by atoms with Gasteiger partial charge < -0.3 is 10.2 Å². The second-order valence-electron chi connectivity index (χ2n) is 19.9. The molecule has 1 atom stereocenters. The molecule has 60 heavy (non-hydrogen) atoms. The topological polar surface area (TPSA) is 40.5 Å². The van der Waals surface area contributed by atoms with Crippen molar-refractivity contribution in [1.29, 1.82) is 0 Å². The first-order valence-corrected chi connectivity index (χ1v) is 27.0. The summed E-state index contributed by atoms with van der Waals surface area (Å²) >= 11 is 0. The van der Waals surface area contributed by atoms with Crippen molar-refractivity contribution in [3.05, 3.63) is 111 Å². The molecule has 0 aromatic heterocycles. The van der Waals surface area contributed by atoms with E-state index in [1.807, 2.05) is 0 Å². The van der Waals surface area contributed by atoms with E-state index in [9.17, 15) is 10.2 Å². The number of hydrogen-bond donors (Lipinski definition) is 2. The lowest BCUT2D eigenvalue weighted by atomic mass is 9.80. The molecule has 0 fully saturated rings. The third-order valence-electron chi connectivity index (χ3n) is 12.4. The fourth-order valence-corrected chi connectivity index (χ4v) is 13.2. The minimum Gasteiger partial charge on any atom is -0.507 e. The summed E-state index contributed by atoms with van der Waals surface area (Å²) in [6.45, 7) is 41.0. The molecular weight excluding hydrogens is 767 g/mol. The van der Waals surface area contributed by atoms with Gasteiger partial charge in [0.2, 0.25) is 0 Å². The van der Waals surface area contributed by atoms with E-state index >= 15 is 0 Å². The third kappa shape index (κ3) is 9.93. The Balaban J connectivity index is 1.92. The van der Waals surface area contributed by atoms with Gasteiger partial charge in [-0.3, -0.25) is 0 Å². The average Bonchev–Trinajstić information content (AvgIpc) is 3.16. The molecule has 0 bridgehead atoms. The smallest absolute Gasteiger partial charge is 0.131 e. The lowest BCUT2D eigenvalue weighted by Gasteiger charge is -2.28. The largest absolute Gasteiger partial charge is 0.507 e. The second-order valence-corrected chi connectivity index (χ2v) is 24.8. The van der Waals surface area contributed by atoms with Crippen LogP contribution in [0.2, 0.25) is 0 Å². The number of aryl methyl sites for hydroxylation is 3. The fourth-order valence-electron chi connectivity index (χ4n) is 8.95. The molecule has 5 rings (SSSR count). The predicted octanol–water partition coefficient (Wildman–Crippen LogP) is 16.9. The quantitative estimate of drug-likeness (QED) is 0.109. The Labute approximate surface area is 368 Å².